The summed E-state index contributed by atoms with van der Waals surface area (Å²) in [5.74, 6) is -0.589. The van der Waals surface area contributed by atoms with Crippen LogP contribution >= 0.6 is 22.9 Å². The van der Waals surface area contributed by atoms with Gasteiger partial charge in [-0.3, -0.25) is 4.72 Å². The molecule has 0 spiro atoms. The Balaban J connectivity index is 2.33. The summed E-state index contributed by atoms with van der Waals surface area (Å²) in [5, 5.41) is 1.63. The molecule has 0 bridgehead atoms. The Morgan fingerprint density at radius 2 is 2.24 bits per heavy atom. The molecule has 9 heteroatoms. The Morgan fingerprint density at radius 3 is 2.90 bits per heavy atom. The van der Waals surface area contributed by atoms with Crippen molar-refractivity contribution in [3.05, 3.63) is 40.5 Å². The van der Waals surface area contributed by atoms with E-state index in [9.17, 15) is 13.2 Å². The predicted octanol–water partition coefficient (Wildman–Crippen LogP) is 2.77. The van der Waals surface area contributed by atoms with Crippen molar-refractivity contribution < 1.29 is 17.9 Å². The van der Waals surface area contributed by atoms with Gasteiger partial charge in [-0.25, -0.2) is 18.2 Å². The van der Waals surface area contributed by atoms with Gasteiger partial charge in [0, 0.05) is 6.20 Å². The molecular weight excluding hydrogens is 336 g/mol. The smallest absolute Gasteiger partial charge is 0.341 e. The van der Waals surface area contributed by atoms with Gasteiger partial charge in [0.25, 0.3) is 10.0 Å². The first-order chi connectivity index (χ1) is 9.95. The van der Waals surface area contributed by atoms with Crippen molar-refractivity contribution in [2.75, 3.05) is 11.3 Å². The van der Waals surface area contributed by atoms with E-state index in [4.69, 9.17) is 16.3 Å². The van der Waals surface area contributed by atoms with Gasteiger partial charge in [0.15, 0.2) is 0 Å². The van der Waals surface area contributed by atoms with Gasteiger partial charge >= 0.3 is 5.97 Å². The van der Waals surface area contributed by atoms with Gasteiger partial charge in [0.1, 0.15) is 15.0 Å². The van der Waals surface area contributed by atoms with E-state index < -0.39 is 16.0 Å². The largest absolute Gasteiger partial charge is 0.462 e. The molecule has 112 valence electrons. The van der Waals surface area contributed by atoms with Crippen LogP contribution in [0.2, 0.25) is 5.15 Å². The molecule has 0 aliphatic heterocycles. The molecule has 0 aromatic carbocycles. The molecule has 2 heterocycles. The van der Waals surface area contributed by atoms with Crippen molar-refractivity contribution in [3.8, 4) is 0 Å². The Hall–Kier alpha value is -1.64. The van der Waals surface area contributed by atoms with E-state index in [1.807, 2.05) is 0 Å². The van der Waals surface area contributed by atoms with E-state index >= 15 is 0 Å². The Kier molecular flexibility index (Phi) is 4.81. The minimum absolute atomic E-state index is 0.140. The highest BCUT2D eigenvalue weighted by Gasteiger charge is 2.22. The number of aromatic nitrogens is 1. The minimum Gasteiger partial charge on any atom is -0.462 e. The minimum atomic E-state index is -3.93. The highest BCUT2D eigenvalue weighted by Crippen LogP contribution is 2.28. The number of esters is 1. The molecule has 1 N–H and O–H groups in total. The van der Waals surface area contributed by atoms with Crippen LogP contribution in [0.3, 0.4) is 0 Å². The number of nitrogens with one attached hydrogen (secondary N) is 1. The van der Waals surface area contributed by atoms with Crippen molar-refractivity contribution >= 4 is 43.9 Å². The number of hydrogen-bond donors (Lipinski definition) is 1. The van der Waals surface area contributed by atoms with E-state index in [0.717, 1.165) is 11.3 Å². The number of nitrogens with zero attached hydrogens (tertiary/aromatic N) is 1. The molecule has 0 fully saturated rings. The molecule has 0 radical (unpaired) electrons. The number of sulfonamides is 1. The summed E-state index contributed by atoms with van der Waals surface area (Å²) >= 11 is 6.86. The lowest BCUT2D eigenvalue weighted by molar-refractivity contribution is 0.0528. The number of thiophene rings is 1. The number of carbonyl (C=O) groups is 1. The number of anilines is 1. The van der Waals surface area contributed by atoms with Gasteiger partial charge in [0.2, 0.25) is 0 Å². The SMILES string of the molecule is CCOC(=O)c1ccsc1NS(=O)(=O)c1cccnc1Cl. The molecule has 0 saturated carbocycles. The molecule has 2 aromatic rings. The third-order valence-electron chi connectivity index (χ3n) is 2.40. The highest BCUT2D eigenvalue weighted by molar-refractivity contribution is 7.93. The lowest BCUT2D eigenvalue weighted by atomic mass is 10.3. The van der Waals surface area contributed by atoms with Gasteiger partial charge in [-0.2, -0.15) is 0 Å². The molecule has 0 aliphatic rings. The first-order valence-electron chi connectivity index (χ1n) is 5.83. The monoisotopic (exact) mass is 346 g/mol. The van der Waals surface area contributed by atoms with Crippen LogP contribution in [-0.4, -0.2) is 26.0 Å². The molecular formula is C12H11ClN2O4S2. The second-order valence-electron chi connectivity index (χ2n) is 3.78. The molecule has 0 aliphatic carbocycles. The van der Waals surface area contributed by atoms with Crippen LogP contribution in [0, 0.1) is 0 Å². The van der Waals surface area contributed by atoms with Crippen LogP contribution in [0.4, 0.5) is 5.00 Å². The fraction of sp³-hybridized carbons (Fsp3) is 0.167. The van der Waals surface area contributed by atoms with Crippen LogP contribution in [0.5, 0.6) is 0 Å². The zero-order valence-corrected chi connectivity index (χ0v) is 13.3. The molecule has 6 nitrogen and oxygen atoms in total. The summed E-state index contributed by atoms with van der Waals surface area (Å²) in [4.78, 5) is 15.3. The number of rotatable bonds is 5. The summed E-state index contributed by atoms with van der Waals surface area (Å²) in [5.41, 5.74) is 0.158. The van der Waals surface area contributed by atoms with Gasteiger partial charge in [-0.05, 0) is 30.5 Å². The summed E-state index contributed by atoms with van der Waals surface area (Å²) in [6, 6.07) is 4.28. The standard InChI is InChI=1S/C12H11ClN2O4S2/c1-2-19-12(16)8-5-7-20-11(8)15-21(17,18)9-4-3-6-14-10(9)13/h3-7,15H,2H2,1H3. The summed E-state index contributed by atoms with van der Waals surface area (Å²) in [6.07, 6.45) is 1.39. The lowest BCUT2D eigenvalue weighted by Gasteiger charge is -2.09. The molecule has 21 heavy (non-hydrogen) atoms. The van der Waals surface area contributed by atoms with E-state index in [-0.39, 0.29) is 27.2 Å². The average Bonchev–Trinajstić information content (AvgIpc) is 2.86. The maximum absolute atomic E-state index is 12.3. The number of pyridine rings is 1. The number of carbonyl (C=O) groups excluding carboxylic acids is 1. The normalized spacial score (nSPS) is 11.1. The number of halogens is 1. The third kappa shape index (κ3) is 3.52. The molecule has 2 rings (SSSR count). The average molecular weight is 347 g/mol. The Bertz CT molecular complexity index is 758. The van der Waals surface area contributed by atoms with Gasteiger partial charge in [0.05, 0.1) is 12.2 Å². The van der Waals surface area contributed by atoms with E-state index in [1.165, 1.54) is 24.4 Å². The van der Waals surface area contributed by atoms with Crippen molar-refractivity contribution in [2.24, 2.45) is 0 Å². The first kappa shape index (κ1) is 15.7. The summed E-state index contributed by atoms with van der Waals surface area (Å²) < 4.78 is 31.7. The van der Waals surface area contributed by atoms with Gasteiger partial charge < -0.3 is 4.74 Å². The van der Waals surface area contributed by atoms with Crippen molar-refractivity contribution in [2.45, 2.75) is 11.8 Å². The topological polar surface area (TPSA) is 85.4 Å². The quantitative estimate of drug-likeness (QED) is 0.664. The molecule has 0 saturated heterocycles. The second-order valence-corrected chi connectivity index (χ2v) is 6.71. The van der Waals surface area contributed by atoms with E-state index in [1.54, 1.807) is 12.3 Å². The first-order valence-corrected chi connectivity index (χ1v) is 8.57. The Morgan fingerprint density at radius 1 is 1.48 bits per heavy atom. The molecule has 0 unspecified atom stereocenters. The van der Waals surface area contributed by atoms with E-state index in [0.29, 0.717) is 0 Å². The van der Waals surface area contributed by atoms with Crippen LogP contribution in [0.15, 0.2) is 34.7 Å². The summed E-state index contributed by atoms with van der Waals surface area (Å²) in [6.45, 7) is 1.87. The fourth-order valence-electron chi connectivity index (χ4n) is 1.51. The number of hydrogen-bond acceptors (Lipinski definition) is 6. The highest BCUT2D eigenvalue weighted by atomic mass is 35.5. The zero-order chi connectivity index (χ0) is 15.5. The fourth-order valence-corrected chi connectivity index (χ4v) is 4.07. The van der Waals surface area contributed by atoms with E-state index in [2.05, 4.69) is 9.71 Å². The predicted molar refractivity (Wildman–Crippen MR) is 80.3 cm³/mol. The van der Waals surface area contributed by atoms with Crippen molar-refractivity contribution in [1.82, 2.24) is 4.98 Å². The third-order valence-corrected chi connectivity index (χ3v) is 5.16. The molecule has 2 aromatic heterocycles. The van der Waals surface area contributed by atoms with Crippen LogP contribution < -0.4 is 4.72 Å². The maximum atomic E-state index is 12.3. The lowest BCUT2D eigenvalue weighted by Crippen LogP contribution is -2.15. The summed E-state index contributed by atoms with van der Waals surface area (Å²) in [7, 11) is -3.93. The second kappa shape index (κ2) is 6.42. The van der Waals surface area contributed by atoms with Gasteiger partial charge in [-0.1, -0.05) is 11.6 Å². The van der Waals surface area contributed by atoms with Crippen molar-refractivity contribution in [1.29, 1.82) is 0 Å². The number of ether oxygens (including phenoxy) is 1. The van der Waals surface area contributed by atoms with Crippen LogP contribution in [0.1, 0.15) is 17.3 Å². The van der Waals surface area contributed by atoms with Gasteiger partial charge in [-0.15, -0.1) is 11.3 Å². The van der Waals surface area contributed by atoms with Crippen molar-refractivity contribution in [3.63, 3.8) is 0 Å². The van der Waals surface area contributed by atoms with Crippen LogP contribution in [0.25, 0.3) is 0 Å². The maximum Gasteiger partial charge on any atom is 0.341 e. The molecule has 0 atom stereocenters. The van der Waals surface area contributed by atoms with Crippen LogP contribution in [-0.2, 0) is 14.8 Å². The Labute approximate surface area is 130 Å². The molecule has 0 amide bonds. The zero-order valence-electron chi connectivity index (χ0n) is 10.9.